The molecule has 0 aromatic rings. The molecule has 18 heteroatoms. The average Bonchev–Trinajstić information content (AvgIpc) is 3.21. The lowest BCUT2D eigenvalue weighted by atomic mass is 10.0. The minimum Gasteiger partial charge on any atom is -0.482 e. The van der Waals surface area contributed by atoms with Gasteiger partial charge in [0.1, 0.15) is 18.2 Å². The Morgan fingerprint density at radius 3 is 2.02 bits per heavy atom. The van der Waals surface area contributed by atoms with Crippen molar-refractivity contribution in [3.05, 3.63) is 0 Å². The van der Waals surface area contributed by atoms with Gasteiger partial charge in [-0.25, -0.2) is 15.2 Å². The number of hydrogen-bond acceptors (Lipinski definition) is 15. The minimum atomic E-state index is -4.28. The summed E-state index contributed by atoms with van der Waals surface area (Å²) in [5.41, 5.74) is 5.87. The average molecular weight is 702 g/mol. The predicted molar refractivity (Wildman–Crippen MR) is 176 cm³/mol. The summed E-state index contributed by atoms with van der Waals surface area (Å²) in [5, 5.41) is 28.4. The highest BCUT2D eigenvalue weighted by molar-refractivity contribution is 7.54. The largest absolute Gasteiger partial charge is 0.482 e. The first-order valence-electron chi connectivity index (χ1n) is 16.4. The summed E-state index contributed by atoms with van der Waals surface area (Å²) in [5.74, 6) is -3.60. The van der Waals surface area contributed by atoms with Crippen LogP contribution < -0.4 is 15.9 Å². The lowest BCUT2D eigenvalue weighted by molar-refractivity contribution is -0.164. The van der Waals surface area contributed by atoms with Crippen LogP contribution in [-0.4, -0.2) is 120 Å². The van der Waals surface area contributed by atoms with Crippen molar-refractivity contribution in [1.29, 1.82) is 0 Å². The first-order valence-corrected chi connectivity index (χ1v) is 18.1. The van der Waals surface area contributed by atoms with E-state index in [1.807, 2.05) is 27.7 Å². The Bertz CT molecular complexity index is 1280. The Kier molecular flexibility index (Phi) is 12.0. The molecule has 9 atom stereocenters. The van der Waals surface area contributed by atoms with Gasteiger partial charge in [0.2, 0.25) is 11.9 Å². The number of nitrogens with two attached hydrogens (primary N) is 1. The molecule has 17 nitrogen and oxygen atoms in total. The van der Waals surface area contributed by atoms with Gasteiger partial charge in [0.15, 0.2) is 18.0 Å². The van der Waals surface area contributed by atoms with Crippen LogP contribution in [0.1, 0.15) is 68.2 Å². The Morgan fingerprint density at radius 2 is 1.58 bits per heavy atom. The van der Waals surface area contributed by atoms with Gasteiger partial charge in [0.25, 0.3) is 0 Å². The van der Waals surface area contributed by atoms with Crippen molar-refractivity contribution < 1.29 is 47.8 Å². The molecule has 272 valence electrons. The predicted octanol–water partition coefficient (Wildman–Crippen LogP) is 0.881. The number of aliphatic imine (C=N–C) groups is 3. The third kappa shape index (κ3) is 8.55. The fourth-order valence-electron chi connectivity index (χ4n) is 6.22. The lowest BCUT2D eigenvalue weighted by Crippen LogP contribution is -2.49. The Morgan fingerprint density at radius 1 is 1.04 bits per heavy atom. The van der Waals surface area contributed by atoms with Crippen molar-refractivity contribution in [1.82, 2.24) is 15.1 Å². The lowest BCUT2D eigenvalue weighted by Gasteiger charge is -2.32. The van der Waals surface area contributed by atoms with Crippen LogP contribution in [0.4, 0.5) is 0 Å². The molecule has 0 aromatic carbocycles. The third-order valence-electron chi connectivity index (χ3n) is 8.20. The second kappa shape index (κ2) is 15.1. The third-order valence-corrected chi connectivity index (χ3v) is 10.0. The van der Waals surface area contributed by atoms with Gasteiger partial charge in [-0.15, -0.1) is 0 Å². The molecule has 48 heavy (non-hydrogen) atoms. The summed E-state index contributed by atoms with van der Waals surface area (Å²) in [6, 6.07) is -3.42. The minimum absolute atomic E-state index is 0.00452. The molecule has 9 unspecified atom stereocenters. The van der Waals surface area contributed by atoms with Crippen molar-refractivity contribution in [3.8, 4) is 0 Å². The zero-order valence-electron chi connectivity index (χ0n) is 29.1. The van der Waals surface area contributed by atoms with Gasteiger partial charge in [0.05, 0.1) is 50.3 Å². The summed E-state index contributed by atoms with van der Waals surface area (Å²) in [4.78, 5) is 40.7. The topological polar surface area (TPSA) is 228 Å². The van der Waals surface area contributed by atoms with E-state index < -0.39 is 92.7 Å². The summed E-state index contributed by atoms with van der Waals surface area (Å²) in [6.45, 7) is 13.9. The van der Waals surface area contributed by atoms with E-state index in [-0.39, 0.29) is 36.5 Å². The summed E-state index contributed by atoms with van der Waals surface area (Å²) >= 11 is 0. The van der Waals surface area contributed by atoms with Gasteiger partial charge in [0, 0.05) is 0 Å². The summed E-state index contributed by atoms with van der Waals surface area (Å²) in [6.07, 6.45) is -1.89. The molecule has 1 saturated heterocycles. The van der Waals surface area contributed by atoms with Gasteiger partial charge >= 0.3 is 19.6 Å². The van der Waals surface area contributed by atoms with Crippen LogP contribution in [0.15, 0.2) is 15.0 Å². The smallest absolute Gasteiger partial charge is 0.342 e. The molecule has 4 rings (SSSR count). The SMILES string of the molecule is COC1=NC(N)=NC2C1N=CN2C1C2C(O)C(COP(=O)(NC(CC(C)C)C(=O)OC(C)C)NC(CC(C)C)C(=O)OC(C)C)OC21O. The Hall–Kier alpha value is -2.66. The fourth-order valence-corrected chi connectivity index (χ4v) is 8.04. The van der Waals surface area contributed by atoms with E-state index >= 15 is 0 Å². The molecule has 1 aliphatic carbocycles. The Labute approximate surface area is 281 Å². The van der Waals surface area contributed by atoms with Crippen LogP contribution >= 0.6 is 7.67 Å². The molecular weight excluding hydrogens is 649 g/mol. The molecule has 0 amide bonds. The number of fused-ring (bicyclic) bond motifs is 2. The molecule has 0 bridgehead atoms. The van der Waals surface area contributed by atoms with E-state index in [9.17, 15) is 24.4 Å². The van der Waals surface area contributed by atoms with E-state index in [1.54, 1.807) is 32.6 Å². The first-order chi connectivity index (χ1) is 22.4. The van der Waals surface area contributed by atoms with Crippen molar-refractivity contribution in [2.75, 3.05) is 13.7 Å². The van der Waals surface area contributed by atoms with Gasteiger partial charge in [-0.05, 0) is 52.4 Å². The standard InChI is InChI=1S/C30H52N7O10P/c1-14(2)10-18(27(39)45-16(5)6)35-48(42,36-19(11-15(3)4)28(40)46-17(7)8)44-12-20-23(38)21-24(30(21,41)47-20)37-13-32-22-25(37)33-29(31)34-26(22)43-9/h13-25,38,41H,10-12H2,1-9H3,(H2,31,33)(H2,35,36,42). The van der Waals surface area contributed by atoms with Gasteiger partial charge in [-0.2, -0.15) is 4.99 Å². The van der Waals surface area contributed by atoms with E-state index in [4.69, 9.17) is 29.2 Å². The van der Waals surface area contributed by atoms with Crippen molar-refractivity contribution >= 4 is 37.8 Å². The first kappa shape index (κ1) is 38.1. The maximum atomic E-state index is 14.6. The van der Waals surface area contributed by atoms with Crippen LogP contribution in [0.5, 0.6) is 0 Å². The van der Waals surface area contributed by atoms with Gasteiger partial charge < -0.3 is 44.3 Å². The fraction of sp³-hybridized carbons (Fsp3) is 0.833. The highest BCUT2D eigenvalue weighted by Gasteiger charge is 2.78. The summed E-state index contributed by atoms with van der Waals surface area (Å²) in [7, 11) is -2.84. The number of nitrogens with zero attached hydrogens (tertiary/aromatic N) is 4. The maximum Gasteiger partial charge on any atom is 0.342 e. The normalized spacial score (nSPS) is 31.7. The van der Waals surface area contributed by atoms with Crippen LogP contribution in [0.3, 0.4) is 0 Å². The van der Waals surface area contributed by atoms with Crippen LogP contribution in [-0.2, 0) is 37.6 Å². The number of aliphatic hydroxyl groups is 2. The number of ether oxygens (including phenoxy) is 4. The molecule has 3 heterocycles. The second-order valence-corrected chi connectivity index (χ2v) is 15.9. The number of carbonyl (C=O) groups excluding carboxylic acids is 2. The van der Waals surface area contributed by atoms with Crippen molar-refractivity contribution in [3.63, 3.8) is 0 Å². The number of rotatable bonds is 16. The molecule has 0 spiro atoms. The summed E-state index contributed by atoms with van der Waals surface area (Å²) < 4.78 is 42.6. The highest BCUT2D eigenvalue weighted by Crippen LogP contribution is 2.58. The molecule has 0 radical (unpaired) electrons. The second-order valence-electron chi connectivity index (χ2n) is 14.0. The van der Waals surface area contributed by atoms with Crippen molar-refractivity contribution in [2.45, 2.75) is 129 Å². The highest BCUT2D eigenvalue weighted by atomic mass is 31.2. The molecule has 3 aliphatic heterocycles. The zero-order valence-corrected chi connectivity index (χ0v) is 30.0. The molecular formula is C30H52N7O10P. The Balaban J connectivity index is 1.52. The molecule has 0 aromatic heterocycles. The number of nitrogens with one attached hydrogen (secondary N) is 2. The number of hydrogen-bond donors (Lipinski definition) is 5. The van der Waals surface area contributed by atoms with Crippen molar-refractivity contribution in [2.24, 2.45) is 38.5 Å². The quantitative estimate of drug-likeness (QED) is 0.111. The molecule has 6 N–H and O–H groups in total. The van der Waals surface area contributed by atoms with E-state index in [1.165, 1.54) is 13.4 Å². The number of guanidine groups is 1. The zero-order chi connectivity index (χ0) is 35.7. The van der Waals surface area contributed by atoms with E-state index in [0.717, 1.165) is 0 Å². The molecule has 4 aliphatic rings. The molecule has 1 saturated carbocycles. The number of methoxy groups -OCH3 is 1. The van der Waals surface area contributed by atoms with Crippen LogP contribution in [0.25, 0.3) is 0 Å². The molecule has 2 fully saturated rings. The van der Waals surface area contributed by atoms with Crippen LogP contribution in [0.2, 0.25) is 0 Å². The number of carbonyl (C=O) groups is 2. The van der Waals surface area contributed by atoms with E-state index in [0.29, 0.717) is 0 Å². The van der Waals surface area contributed by atoms with E-state index in [2.05, 4.69) is 25.2 Å². The van der Waals surface area contributed by atoms with Gasteiger partial charge in [-0.3, -0.25) is 19.1 Å². The number of aliphatic hydroxyl groups excluding tert-OH is 1. The monoisotopic (exact) mass is 701 g/mol. The number of esters is 2. The van der Waals surface area contributed by atoms with Gasteiger partial charge in [-0.1, -0.05) is 27.7 Å². The van der Waals surface area contributed by atoms with Crippen LogP contribution in [0, 0.1) is 17.8 Å². The maximum absolute atomic E-state index is 14.6.